The summed E-state index contributed by atoms with van der Waals surface area (Å²) in [6.45, 7) is 0.546. The van der Waals surface area contributed by atoms with Gasteiger partial charge in [0.1, 0.15) is 5.75 Å². The molecule has 2 aromatic heterocycles. The zero-order valence-electron chi connectivity index (χ0n) is 10.9. The van der Waals surface area contributed by atoms with Crippen molar-refractivity contribution in [3.63, 3.8) is 0 Å². The molecule has 8 heteroatoms. The number of para-hydroxylation sites is 2. The molecule has 4 rings (SSSR count). The van der Waals surface area contributed by atoms with Gasteiger partial charge in [0.25, 0.3) is 5.56 Å². The molecule has 0 amide bonds. The number of fused-ring (bicyclic) bond motifs is 2. The average Bonchev–Trinajstić information content (AvgIpc) is 2.91. The first-order valence-electron chi connectivity index (χ1n) is 6.45. The number of hydrogen-bond donors (Lipinski definition) is 4. The standard InChI is InChI=1S/C13H12N6O2/c14-13-18-11-9(12(20)19-13)16-10(17-11)8-5-15-6-3-1-2-4-7(6)21-8/h1-4,8,15H,5H2,(H4,14,16,17,18,19,20). The number of nitrogen functional groups attached to an aromatic ring is 1. The molecule has 1 unspecified atom stereocenters. The van der Waals surface area contributed by atoms with Crippen molar-refractivity contribution in [1.29, 1.82) is 0 Å². The molecular formula is C13H12N6O2. The Morgan fingerprint density at radius 2 is 2.10 bits per heavy atom. The Kier molecular flexibility index (Phi) is 2.37. The van der Waals surface area contributed by atoms with Crippen molar-refractivity contribution in [3.8, 4) is 5.75 Å². The predicted octanol–water partition coefficient (Wildman–Crippen LogP) is 0.774. The highest BCUT2D eigenvalue weighted by atomic mass is 16.5. The van der Waals surface area contributed by atoms with Gasteiger partial charge >= 0.3 is 0 Å². The van der Waals surface area contributed by atoms with Gasteiger partial charge in [-0.15, -0.1) is 0 Å². The summed E-state index contributed by atoms with van der Waals surface area (Å²) in [7, 11) is 0. The summed E-state index contributed by atoms with van der Waals surface area (Å²) in [6, 6.07) is 7.65. The molecular weight excluding hydrogens is 272 g/mol. The number of aromatic nitrogens is 4. The summed E-state index contributed by atoms with van der Waals surface area (Å²) in [4.78, 5) is 25.5. The molecule has 0 bridgehead atoms. The highest BCUT2D eigenvalue weighted by Gasteiger charge is 2.24. The van der Waals surface area contributed by atoms with E-state index in [2.05, 4.69) is 25.3 Å². The zero-order valence-corrected chi connectivity index (χ0v) is 10.9. The maximum absolute atomic E-state index is 11.8. The van der Waals surface area contributed by atoms with Gasteiger partial charge in [0.2, 0.25) is 5.95 Å². The first kappa shape index (κ1) is 11.8. The second-order valence-electron chi connectivity index (χ2n) is 4.76. The van der Waals surface area contributed by atoms with Crippen molar-refractivity contribution < 1.29 is 4.74 Å². The lowest BCUT2D eigenvalue weighted by molar-refractivity contribution is 0.202. The molecule has 1 aromatic carbocycles. The van der Waals surface area contributed by atoms with Gasteiger partial charge in [-0.2, -0.15) is 4.98 Å². The average molecular weight is 284 g/mol. The molecule has 1 atom stereocenters. The molecule has 0 radical (unpaired) electrons. The van der Waals surface area contributed by atoms with E-state index in [4.69, 9.17) is 10.5 Å². The second kappa shape index (κ2) is 4.23. The first-order chi connectivity index (χ1) is 10.2. The van der Waals surface area contributed by atoms with Gasteiger partial charge in [0, 0.05) is 0 Å². The molecule has 21 heavy (non-hydrogen) atoms. The summed E-state index contributed by atoms with van der Waals surface area (Å²) in [5.74, 6) is 1.32. The number of nitrogens with two attached hydrogens (primary N) is 1. The molecule has 3 heterocycles. The van der Waals surface area contributed by atoms with Crippen LogP contribution >= 0.6 is 0 Å². The van der Waals surface area contributed by atoms with Crippen LogP contribution in [0, 0.1) is 0 Å². The van der Waals surface area contributed by atoms with Crippen molar-refractivity contribution in [3.05, 3.63) is 40.4 Å². The number of nitrogens with one attached hydrogen (secondary N) is 3. The minimum Gasteiger partial charge on any atom is -0.478 e. The lowest BCUT2D eigenvalue weighted by Gasteiger charge is -2.25. The van der Waals surface area contributed by atoms with Crippen LogP contribution in [0.15, 0.2) is 29.1 Å². The van der Waals surface area contributed by atoms with Gasteiger partial charge in [0.15, 0.2) is 23.1 Å². The molecule has 3 aromatic rings. The van der Waals surface area contributed by atoms with Crippen LogP contribution in [0.2, 0.25) is 0 Å². The highest BCUT2D eigenvalue weighted by Crippen LogP contribution is 2.33. The van der Waals surface area contributed by atoms with Crippen molar-refractivity contribution in [2.24, 2.45) is 0 Å². The number of ether oxygens (including phenoxy) is 1. The highest BCUT2D eigenvalue weighted by molar-refractivity contribution is 5.70. The number of imidazole rings is 1. The Balaban J connectivity index is 1.75. The van der Waals surface area contributed by atoms with Crippen LogP contribution in [0.25, 0.3) is 11.2 Å². The lowest BCUT2D eigenvalue weighted by atomic mass is 10.2. The first-order valence-corrected chi connectivity index (χ1v) is 6.45. The number of aromatic amines is 2. The number of hydrogen-bond acceptors (Lipinski definition) is 6. The van der Waals surface area contributed by atoms with E-state index < -0.39 is 0 Å². The van der Waals surface area contributed by atoms with Crippen molar-refractivity contribution in [1.82, 2.24) is 19.9 Å². The van der Waals surface area contributed by atoms with E-state index in [-0.39, 0.29) is 23.3 Å². The third-order valence-electron chi connectivity index (χ3n) is 3.34. The third-order valence-corrected chi connectivity index (χ3v) is 3.34. The van der Waals surface area contributed by atoms with Crippen molar-refractivity contribution in [2.45, 2.75) is 6.10 Å². The smallest absolute Gasteiger partial charge is 0.278 e. The summed E-state index contributed by atoms with van der Waals surface area (Å²) in [5.41, 5.74) is 6.68. The molecule has 1 aliphatic heterocycles. The Labute approximate surface area is 118 Å². The molecule has 1 aliphatic rings. The second-order valence-corrected chi connectivity index (χ2v) is 4.76. The Morgan fingerprint density at radius 3 is 3.00 bits per heavy atom. The summed E-state index contributed by atoms with van der Waals surface area (Å²) >= 11 is 0. The Bertz CT molecular complexity index is 884. The van der Waals surface area contributed by atoms with Crippen molar-refractivity contribution in [2.75, 3.05) is 17.6 Å². The van der Waals surface area contributed by atoms with Crippen LogP contribution in [0.5, 0.6) is 5.75 Å². The number of rotatable bonds is 1. The minimum absolute atomic E-state index is 0.0404. The Hall–Kier alpha value is -3.03. The van der Waals surface area contributed by atoms with Crippen LogP contribution in [0.4, 0.5) is 11.6 Å². The van der Waals surface area contributed by atoms with E-state index in [0.717, 1.165) is 11.4 Å². The fourth-order valence-electron chi connectivity index (χ4n) is 2.36. The van der Waals surface area contributed by atoms with Crippen LogP contribution in [0.3, 0.4) is 0 Å². The quantitative estimate of drug-likeness (QED) is 0.523. The molecule has 5 N–H and O–H groups in total. The van der Waals surface area contributed by atoms with Gasteiger partial charge in [-0.3, -0.25) is 9.78 Å². The van der Waals surface area contributed by atoms with Crippen LogP contribution < -0.4 is 21.3 Å². The molecule has 0 aliphatic carbocycles. The molecule has 106 valence electrons. The normalized spacial score (nSPS) is 17.0. The van der Waals surface area contributed by atoms with E-state index in [0.29, 0.717) is 17.9 Å². The Morgan fingerprint density at radius 1 is 1.24 bits per heavy atom. The minimum atomic E-state index is -0.347. The zero-order chi connectivity index (χ0) is 14.4. The van der Waals surface area contributed by atoms with E-state index >= 15 is 0 Å². The number of benzene rings is 1. The molecule has 8 nitrogen and oxygen atoms in total. The third kappa shape index (κ3) is 1.88. The van der Waals surface area contributed by atoms with E-state index in [1.807, 2.05) is 24.3 Å². The van der Waals surface area contributed by atoms with Crippen LogP contribution in [-0.2, 0) is 0 Å². The number of nitrogens with zero attached hydrogens (tertiary/aromatic N) is 2. The van der Waals surface area contributed by atoms with Gasteiger partial charge in [0.05, 0.1) is 12.2 Å². The number of H-pyrrole nitrogens is 2. The van der Waals surface area contributed by atoms with Gasteiger partial charge in [-0.25, -0.2) is 4.98 Å². The SMILES string of the molecule is Nc1nc2nc(C3CNc4ccccc4O3)[nH]c2c(=O)[nH]1. The van der Waals surface area contributed by atoms with Crippen molar-refractivity contribution >= 4 is 22.8 Å². The monoisotopic (exact) mass is 284 g/mol. The summed E-state index contributed by atoms with van der Waals surface area (Å²) in [5, 5.41) is 3.27. The molecule has 0 saturated heterocycles. The van der Waals surface area contributed by atoms with E-state index in [9.17, 15) is 4.79 Å². The maximum Gasteiger partial charge on any atom is 0.278 e. The van der Waals surface area contributed by atoms with Gasteiger partial charge in [-0.1, -0.05) is 12.1 Å². The lowest BCUT2D eigenvalue weighted by Crippen LogP contribution is -2.24. The summed E-state index contributed by atoms with van der Waals surface area (Å²) < 4.78 is 5.89. The largest absolute Gasteiger partial charge is 0.478 e. The predicted molar refractivity (Wildman–Crippen MR) is 77.2 cm³/mol. The molecule has 0 fully saturated rings. The molecule has 0 saturated carbocycles. The van der Waals surface area contributed by atoms with Crippen LogP contribution in [-0.4, -0.2) is 26.5 Å². The number of anilines is 2. The van der Waals surface area contributed by atoms with Crippen LogP contribution in [0.1, 0.15) is 11.9 Å². The van der Waals surface area contributed by atoms with Gasteiger partial charge < -0.3 is 20.8 Å². The van der Waals surface area contributed by atoms with E-state index in [1.54, 1.807) is 0 Å². The molecule has 0 spiro atoms. The fourth-order valence-corrected chi connectivity index (χ4v) is 2.36. The van der Waals surface area contributed by atoms with Gasteiger partial charge in [-0.05, 0) is 12.1 Å². The van der Waals surface area contributed by atoms with E-state index in [1.165, 1.54) is 0 Å². The summed E-state index contributed by atoms with van der Waals surface area (Å²) in [6.07, 6.45) is -0.324. The maximum atomic E-state index is 11.8. The topological polar surface area (TPSA) is 122 Å². The fraction of sp³-hybridized carbons (Fsp3) is 0.154.